The smallest absolute Gasteiger partial charge is 0.340 e. The monoisotopic (exact) mass is 358 g/mol. The number of aromatic nitrogens is 1. The van der Waals surface area contributed by atoms with E-state index in [1.807, 2.05) is 0 Å². The lowest BCUT2D eigenvalue weighted by molar-refractivity contribution is -0.384. The van der Waals surface area contributed by atoms with Gasteiger partial charge < -0.3 is 9.47 Å². The van der Waals surface area contributed by atoms with Crippen LogP contribution in [0.15, 0.2) is 30.5 Å². The number of nitro groups is 1. The second-order valence-electron chi connectivity index (χ2n) is 5.76. The number of carbonyl (C=O) groups excluding carboxylic acids is 2. The van der Waals surface area contributed by atoms with Crippen LogP contribution in [0.5, 0.6) is 0 Å². The molecule has 0 amide bonds. The van der Waals surface area contributed by atoms with E-state index >= 15 is 0 Å². The van der Waals surface area contributed by atoms with Crippen LogP contribution in [0.4, 0.5) is 5.69 Å². The lowest BCUT2D eigenvalue weighted by Gasteiger charge is -2.16. The minimum atomic E-state index is -0.711. The van der Waals surface area contributed by atoms with Gasteiger partial charge in [0.05, 0.1) is 35.0 Å². The normalized spacial score (nSPS) is 10.5. The van der Waals surface area contributed by atoms with Gasteiger partial charge in [0.2, 0.25) is 0 Å². The molecule has 0 N–H and O–H groups in total. The van der Waals surface area contributed by atoms with Gasteiger partial charge in [-0.1, -0.05) is 12.1 Å². The second kappa shape index (κ2) is 7.73. The highest BCUT2D eigenvalue weighted by Gasteiger charge is 2.26. The number of hydrogen-bond donors (Lipinski definition) is 0. The Labute approximate surface area is 149 Å². The molecule has 8 nitrogen and oxygen atoms in total. The maximum Gasteiger partial charge on any atom is 0.340 e. The molecule has 1 aromatic heterocycles. The Morgan fingerprint density at radius 2 is 1.92 bits per heavy atom. The summed E-state index contributed by atoms with van der Waals surface area (Å²) in [6.45, 7) is 4.98. The molecule has 0 saturated carbocycles. The molecule has 8 heteroatoms. The maximum absolute atomic E-state index is 12.6. The van der Waals surface area contributed by atoms with Gasteiger partial charge in [0.15, 0.2) is 0 Å². The number of benzene rings is 1. The summed E-state index contributed by atoms with van der Waals surface area (Å²) in [5.74, 6) is -1.38. The van der Waals surface area contributed by atoms with Gasteiger partial charge in [0.1, 0.15) is 0 Å². The number of hydrogen-bond acceptors (Lipinski definition) is 7. The topological polar surface area (TPSA) is 109 Å². The van der Waals surface area contributed by atoms with Crippen LogP contribution in [0.1, 0.15) is 40.3 Å². The van der Waals surface area contributed by atoms with Gasteiger partial charge in [-0.15, -0.1) is 0 Å². The molecule has 136 valence electrons. The number of methoxy groups -OCH3 is 1. The third-order valence-electron chi connectivity index (χ3n) is 3.57. The fourth-order valence-corrected chi connectivity index (χ4v) is 2.47. The minimum absolute atomic E-state index is 0.0225. The Kier molecular flexibility index (Phi) is 5.66. The van der Waals surface area contributed by atoms with Crippen molar-refractivity contribution >= 4 is 17.6 Å². The van der Waals surface area contributed by atoms with Gasteiger partial charge >= 0.3 is 11.9 Å². The number of non-ortho nitro benzene ring substituents is 1. The van der Waals surface area contributed by atoms with Crippen LogP contribution in [0, 0.1) is 17.0 Å². The van der Waals surface area contributed by atoms with E-state index in [2.05, 4.69) is 4.98 Å². The summed E-state index contributed by atoms with van der Waals surface area (Å²) < 4.78 is 10.0. The third kappa shape index (κ3) is 3.85. The van der Waals surface area contributed by atoms with Gasteiger partial charge in [-0.25, -0.2) is 9.59 Å². The molecule has 2 rings (SSSR count). The molecule has 0 bridgehead atoms. The molecule has 1 aromatic carbocycles. The van der Waals surface area contributed by atoms with Crippen molar-refractivity contribution in [2.45, 2.75) is 26.9 Å². The first-order valence-electron chi connectivity index (χ1n) is 7.80. The minimum Gasteiger partial charge on any atom is -0.465 e. The van der Waals surface area contributed by atoms with Crippen molar-refractivity contribution in [2.24, 2.45) is 0 Å². The number of pyridine rings is 1. The van der Waals surface area contributed by atoms with E-state index < -0.39 is 16.9 Å². The largest absolute Gasteiger partial charge is 0.465 e. The van der Waals surface area contributed by atoms with E-state index in [-0.39, 0.29) is 28.5 Å². The molecular weight excluding hydrogens is 340 g/mol. The summed E-state index contributed by atoms with van der Waals surface area (Å²) in [5, 5.41) is 11.1. The van der Waals surface area contributed by atoms with Crippen LogP contribution in [-0.4, -0.2) is 35.1 Å². The van der Waals surface area contributed by atoms with Crippen LogP contribution >= 0.6 is 0 Å². The van der Waals surface area contributed by atoms with Crippen LogP contribution < -0.4 is 0 Å². The molecular formula is C18H18N2O6. The Morgan fingerprint density at radius 1 is 1.23 bits per heavy atom. The van der Waals surface area contributed by atoms with Crippen molar-refractivity contribution in [3.8, 4) is 11.1 Å². The number of rotatable bonds is 5. The fourth-order valence-electron chi connectivity index (χ4n) is 2.47. The molecule has 2 aromatic rings. The van der Waals surface area contributed by atoms with E-state index in [0.29, 0.717) is 11.3 Å². The first-order valence-corrected chi connectivity index (χ1v) is 7.80. The third-order valence-corrected chi connectivity index (χ3v) is 3.57. The number of esters is 2. The molecule has 0 fully saturated rings. The van der Waals surface area contributed by atoms with E-state index in [1.54, 1.807) is 26.8 Å². The second-order valence-corrected chi connectivity index (χ2v) is 5.76. The molecule has 0 aliphatic carbocycles. The Morgan fingerprint density at radius 3 is 2.50 bits per heavy atom. The maximum atomic E-state index is 12.6. The van der Waals surface area contributed by atoms with E-state index in [1.165, 1.54) is 31.5 Å². The van der Waals surface area contributed by atoms with Crippen molar-refractivity contribution in [2.75, 3.05) is 7.11 Å². The summed E-state index contributed by atoms with van der Waals surface area (Å²) in [4.78, 5) is 39.4. The highest BCUT2D eigenvalue weighted by atomic mass is 16.6. The lowest BCUT2D eigenvalue weighted by atomic mass is 9.94. The van der Waals surface area contributed by atoms with E-state index in [9.17, 15) is 19.7 Å². The Balaban J connectivity index is 2.80. The quantitative estimate of drug-likeness (QED) is 0.458. The molecule has 0 unspecified atom stereocenters. The number of aryl methyl sites for hydroxylation is 1. The zero-order valence-corrected chi connectivity index (χ0v) is 14.8. The molecule has 0 atom stereocenters. The first kappa shape index (κ1) is 19.0. The molecule has 0 radical (unpaired) electrons. The highest BCUT2D eigenvalue weighted by Crippen LogP contribution is 2.32. The van der Waals surface area contributed by atoms with E-state index in [4.69, 9.17) is 9.47 Å². The molecule has 26 heavy (non-hydrogen) atoms. The number of nitrogens with zero attached hydrogens (tertiary/aromatic N) is 2. The summed E-state index contributed by atoms with van der Waals surface area (Å²) in [6, 6.07) is 5.65. The van der Waals surface area contributed by atoms with Crippen molar-refractivity contribution < 1.29 is 24.0 Å². The lowest BCUT2D eigenvalue weighted by Crippen LogP contribution is -2.17. The van der Waals surface area contributed by atoms with Crippen LogP contribution in [-0.2, 0) is 9.47 Å². The average molecular weight is 358 g/mol. The predicted molar refractivity (Wildman–Crippen MR) is 93.0 cm³/mol. The van der Waals surface area contributed by atoms with Gasteiger partial charge in [-0.05, 0) is 26.3 Å². The van der Waals surface area contributed by atoms with Crippen LogP contribution in [0.3, 0.4) is 0 Å². The van der Waals surface area contributed by atoms with Crippen molar-refractivity contribution in [1.82, 2.24) is 4.98 Å². The van der Waals surface area contributed by atoms with Crippen molar-refractivity contribution in [1.29, 1.82) is 0 Å². The van der Waals surface area contributed by atoms with Gasteiger partial charge in [-0.2, -0.15) is 0 Å². The first-order chi connectivity index (χ1) is 12.3. The summed E-state index contributed by atoms with van der Waals surface area (Å²) in [5.41, 5.74) is 0.775. The summed E-state index contributed by atoms with van der Waals surface area (Å²) >= 11 is 0. The Bertz CT molecular complexity index is 876. The summed E-state index contributed by atoms with van der Waals surface area (Å²) in [6.07, 6.45) is 0.892. The van der Waals surface area contributed by atoms with Gasteiger partial charge in [0, 0.05) is 23.9 Å². The fraction of sp³-hybridized carbons (Fsp3) is 0.278. The molecule has 0 aliphatic rings. The predicted octanol–water partition coefficient (Wildman–Crippen LogP) is 3.32. The number of ether oxygens (including phenoxy) is 2. The van der Waals surface area contributed by atoms with Crippen molar-refractivity contribution in [3.05, 3.63) is 57.4 Å². The molecule has 0 aliphatic heterocycles. The molecule has 0 spiro atoms. The average Bonchev–Trinajstić information content (AvgIpc) is 2.60. The van der Waals surface area contributed by atoms with Gasteiger partial charge in [0.25, 0.3) is 5.69 Å². The van der Waals surface area contributed by atoms with Crippen LogP contribution in [0.2, 0.25) is 0 Å². The zero-order valence-electron chi connectivity index (χ0n) is 14.8. The standard InChI is InChI=1S/C18H18N2O6/c1-10(2)26-18(22)15-11(3)19-9-14(17(21)25-4)16(15)12-6-5-7-13(8-12)20(23)24/h5-10H,1-4H3. The SMILES string of the molecule is COC(=O)c1cnc(C)c(C(=O)OC(C)C)c1-c1cccc([N+](=O)[O-])c1. The number of carbonyl (C=O) groups is 2. The molecule has 0 saturated heterocycles. The van der Waals surface area contributed by atoms with Crippen molar-refractivity contribution in [3.63, 3.8) is 0 Å². The zero-order chi connectivity index (χ0) is 19.4. The Hall–Kier alpha value is -3.29. The van der Waals surface area contributed by atoms with Gasteiger partial charge in [-0.3, -0.25) is 15.1 Å². The van der Waals surface area contributed by atoms with Crippen LogP contribution in [0.25, 0.3) is 11.1 Å². The highest BCUT2D eigenvalue weighted by molar-refractivity contribution is 6.06. The molecule has 1 heterocycles. The summed E-state index contributed by atoms with van der Waals surface area (Å²) in [7, 11) is 1.20. The van der Waals surface area contributed by atoms with E-state index in [0.717, 1.165) is 0 Å². The number of nitro benzene ring substituents is 1.